The number of hydrogen-bond donors (Lipinski definition) is 2. The third-order valence-electron chi connectivity index (χ3n) is 3.69. The van der Waals surface area contributed by atoms with Gasteiger partial charge in [-0.25, -0.2) is 9.97 Å². The molecule has 1 heterocycles. The predicted molar refractivity (Wildman–Crippen MR) is 104 cm³/mol. The van der Waals surface area contributed by atoms with E-state index >= 15 is 0 Å². The van der Waals surface area contributed by atoms with Gasteiger partial charge < -0.3 is 20.1 Å². The first-order valence-electron chi connectivity index (χ1n) is 7.97. The molecule has 0 fully saturated rings. The number of rotatable bonds is 6. The van der Waals surface area contributed by atoms with Crippen LogP contribution in [0, 0.1) is 0 Å². The lowest BCUT2D eigenvalue weighted by molar-refractivity contribution is 0.102. The molecule has 2 aromatic carbocycles. The second-order valence-electron chi connectivity index (χ2n) is 5.41. The lowest BCUT2D eigenvalue weighted by Gasteiger charge is -2.12. The summed E-state index contributed by atoms with van der Waals surface area (Å²) in [5.41, 5.74) is 1.38. The van der Waals surface area contributed by atoms with E-state index in [0.29, 0.717) is 33.7 Å². The zero-order valence-electron chi connectivity index (χ0n) is 14.7. The molecule has 3 rings (SSSR count). The number of halogens is 1. The van der Waals surface area contributed by atoms with E-state index in [4.69, 9.17) is 21.1 Å². The van der Waals surface area contributed by atoms with E-state index in [0.717, 1.165) is 0 Å². The van der Waals surface area contributed by atoms with Crippen molar-refractivity contribution in [2.45, 2.75) is 0 Å². The molecule has 3 aromatic rings. The fourth-order valence-corrected chi connectivity index (χ4v) is 2.52. The van der Waals surface area contributed by atoms with E-state index in [9.17, 15) is 4.79 Å². The summed E-state index contributed by atoms with van der Waals surface area (Å²) in [4.78, 5) is 20.7. The van der Waals surface area contributed by atoms with Gasteiger partial charge >= 0.3 is 0 Å². The smallest absolute Gasteiger partial charge is 0.274 e. The van der Waals surface area contributed by atoms with Gasteiger partial charge in [-0.2, -0.15) is 0 Å². The molecule has 0 bridgehead atoms. The lowest BCUT2D eigenvalue weighted by atomic mass is 10.2. The molecular formula is C19H17ClN4O3. The molecule has 7 nitrogen and oxygen atoms in total. The molecular weight excluding hydrogens is 368 g/mol. The monoisotopic (exact) mass is 384 g/mol. The van der Waals surface area contributed by atoms with Crippen LogP contribution in [0.15, 0.2) is 54.9 Å². The molecule has 0 atom stereocenters. The number of nitrogens with one attached hydrogen (secondary N) is 2. The molecule has 0 aliphatic heterocycles. The van der Waals surface area contributed by atoms with Crippen molar-refractivity contribution in [1.82, 2.24) is 9.97 Å². The summed E-state index contributed by atoms with van der Waals surface area (Å²) in [7, 11) is 3.07. The highest BCUT2D eigenvalue weighted by Crippen LogP contribution is 2.29. The average molecular weight is 385 g/mol. The largest absolute Gasteiger partial charge is 0.497 e. The summed E-state index contributed by atoms with van der Waals surface area (Å²) in [5.74, 6) is 1.15. The summed E-state index contributed by atoms with van der Waals surface area (Å²) < 4.78 is 10.4. The van der Waals surface area contributed by atoms with Crippen LogP contribution >= 0.6 is 11.6 Å². The van der Waals surface area contributed by atoms with E-state index < -0.39 is 5.91 Å². The minimum Gasteiger partial charge on any atom is -0.497 e. The van der Waals surface area contributed by atoms with Crippen LogP contribution < -0.4 is 20.1 Å². The van der Waals surface area contributed by atoms with Gasteiger partial charge in [0.05, 0.1) is 30.6 Å². The lowest BCUT2D eigenvalue weighted by Crippen LogP contribution is -2.15. The third-order valence-corrected chi connectivity index (χ3v) is 4.02. The number of methoxy groups -OCH3 is 2. The molecule has 27 heavy (non-hydrogen) atoms. The van der Waals surface area contributed by atoms with Crippen LogP contribution in [0.2, 0.25) is 5.02 Å². The highest BCUT2D eigenvalue weighted by atomic mass is 35.5. The van der Waals surface area contributed by atoms with Crippen molar-refractivity contribution in [3.05, 3.63) is 65.6 Å². The van der Waals surface area contributed by atoms with E-state index in [1.165, 1.54) is 19.5 Å². The maximum absolute atomic E-state index is 12.6. The molecule has 138 valence electrons. The summed E-state index contributed by atoms with van der Waals surface area (Å²) in [5, 5.41) is 6.38. The fraction of sp³-hybridized carbons (Fsp3) is 0.105. The molecule has 0 aliphatic carbocycles. The van der Waals surface area contributed by atoms with Crippen molar-refractivity contribution < 1.29 is 14.3 Å². The zero-order chi connectivity index (χ0) is 19.2. The summed E-state index contributed by atoms with van der Waals surface area (Å²) in [6.07, 6.45) is 1.30. The Kier molecular flexibility index (Phi) is 5.73. The molecule has 2 N–H and O–H groups in total. The van der Waals surface area contributed by atoms with Crippen LogP contribution in [0.5, 0.6) is 11.5 Å². The predicted octanol–water partition coefficient (Wildman–Crippen LogP) is 4.14. The van der Waals surface area contributed by atoms with Crippen molar-refractivity contribution in [2.75, 3.05) is 24.9 Å². The average Bonchev–Trinajstić information content (AvgIpc) is 2.70. The molecule has 1 aromatic heterocycles. The minimum absolute atomic E-state index is 0.192. The molecule has 0 unspecified atom stereocenters. The zero-order valence-corrected chi connectivity index (χ0v) is 15.4. The number of aromatic nitrogens is 2. The Morgan fingerprint density at radius 2 is 1.81 bits per heavy atom. The number of carbonyl (C=O) groups is 1. The van der Waals surface area contributed by atoms with Gasteiger partial charge in [-0.3, -0.25) is 4.79 Å². The second kappa shape index (κ2) is 8.37. The number of hydrogen-bond acceptors (Lipinski definition) is 6. The topological polar surface area (TPSA) is 85.4 Å². The number of nitrogens with zero attached hydrogens (tertiary/aromatic N) is 2. The van der Waals surface area contributed by atoms with Gasteiger partial charge in [0, 0.05) is 12.1 Å². The highest BCUT2D eigenvalue weighted by Gasteiger charge is 2.13. The van der Waals surface area contributed by atoms with Gasteiger partial charge in [0.25, 0.3) is 5.91 Å². The van der Waals surface area contributed by atoms with E-state index in [2.05, 4.69) is 20.6 Å². The van der Waals surface area contributed by atoms with Crippen molar-refractivity contribution in [2.24, 2.45) is 0 Å². The summed E-state index contributed by atoms with van der Waals surface area (Å²) >= 11 is 6.13. The Bertz CT molecular complexity index is 965. The molecule has 0 radical (unpaired) electrons. The van der Waals surface area contributed by atoms with Gasteiger partial charge in [0.1, 0.15) is 29.3 Å². The SMILES string of the molecule is COc1ccc(NC(=O)c2cc(Nc3ccccc3Cl)ncn2)c(OC)c1. The third kappa shape index (κ3) is 4.45. The maximum atomic E-state index is 12.6. The van der Waals surface area contributed by atoms with Crippen LogP contribution in [-0.4, -0.2) is 30.1 Å². The summed E-state index contributed by atoms with van der Waals surface area (Å²) in [6.45, 7) is 0. The number of anilines is 3. The molecule has 0 spiro atoms. The normalized spacial score (nSPS) is 10.2. The Hall–Kier alpha value is -3.32. The second-order valence-corrected chi connectivity index (χ2v) is 5.82. The Balaban J connectivity index is 1.79. The number of benzene rings is 2. The number of carbonyl (C=O) groups excluding carboxylic acids is 1. The highest BCUT2D eigenvalue weighted by molar-refractivity contribution is 6.33. The molecule has 0 saturated carbocycles. The Morgan fingerprint density at radius 3 is 2.56 bits per heavy atom. The van der Waals surface area contributed by atoms with Gasteiger partial charge in [0.15, 0.2) is 0 Å². The first-order chi connectivity index (χ1) is 13.1. The van der Waals surface area contributed by atoms with E-state index in [1.54, 1.807) is 31.4 Å². The van der Waals surface area contributed by atoms with Crippen LogP contribution in [0.25, 0.3) is 0 Å². The number of para-hydroxylation sites is 1. The first-order valence-corrected chi connectivity index (χ1v) is 8.35. The Labute approximate surface area is 161 Å². The van der Waals surface area contributed by atoms with Gasteiger partial charge in [-0.1, -0.05) is 23.7 Å². The van der Waals surface area contributed by atoms with Gasteiger partial charge in [-0.15, -0.1) is 0 Å². The Morgan fingerprint density at radius 1 is 1.00 bits per heavy atom. The van der Waals surface area contributed by atoms with Crippen molar-refractivity contribution in [3.8, 4) is 11.5 Å². The molecule has 0 saturated heterocycles. The van der Waals surface area contributed by atoms with Crippen LogP contribution in [0.4, 0.5) is 17.2 Å². The van der Waals surface area contributed by atoms with Crippen molar-refractivity contribution >= 4 is 34.7 Å². The minimum atomic E-state index is -0.400. The van der Waals surface area contributed by atoms with Crippen LogP contribution in [-0.2, 0) is 0 Å². The number of ether oxygens (including phenoxy) is 2. The maximum Gasteiger partial charge on any atom is 0.274 e. The van der Waals surface area contributed by atoms with Crippen LogP contribution in [0.1, 0.15) is 10.5 Å². The molecule has 0 aliphatic rings. The van der Waals surface area contributed by atoms with E-state index in [-0.39, 0.29) is 5.69 Å². The van der Waals surface area contributed by atoms with Crippen LogP contribution in [0.3, 0.4) is 0 Å². The van der Waals surface area contributed by atoms with Gasteiger partial charge in [0.2, 0.25) is 0 Å². The quantitative estimate of drug-likeness (QED) is 0.664. The van der Waals surface area contributed by atoms with Crippen molar-refractivity contribution in [1.29, 1.82) is 0 Å². The van der Waals surface area contributed by atoms with Crippen molar-refractivity contribution in [3.63, 3.8) is 0 Å². The van der Waals surface area contributed by atoms with Gasteiger partial charge in [-0.05, 0) is 24.3 Å². The number of amides is 1. The fourth-order valence-electron chi connectivity index (χ4n) is 2.34. The van der Waals surface area contributed by atoms with E-state index in [1.807, 2.05) is 18.2 Å². The molecule has 1 amide bonds. The standard InChI is InChI=1S/C19H17ClN4O3/c1-26-12-7-8-15(17(9-12)27-2)24-19(25)16-10-18(22-11-21-16)23-14-6-4-3-5-13(14)20/h3-11H,1-2H3,(H,24,25)(H,21,22,23). The summed E-state index contributed by atoms with van der Waals surface area (Å²) in [6, 6.07) is 13.9. The molecule has 8 heteroatoms. The first kappa shape index (κ1) is 18.5.